The minimum Gasteiger partial charge on any atom is -0.450 e. The lowest BCUT2D eigenvalue weighted by Crippen LogP contribution is -2.22. The lowest BCUT2D eigenvalue weighted by atomic mass is 9.99. The number of esters is 2. The number of hydrogen-bond acceptors (Lipinski definition) is 4. The maximum atomic E-state index is 11.7. The molecule has 0 N–H and O–H groups in total. The fourth-order valence-corrected chi connectivity index (χ4v) is 2.20. The van der Waals surface area contributed by atoms with Crippen molar-refractivity contribution in [2.75, 3.05) is 4.43 Å². The maximum absolute atomic E-state index is 11.7. The Morgan fingerprint density at radius 1 is 0.920 bits per heavy atom. The van der Waals surface area contributed by atoms with Gasteiger partial charge in [-0.3, -0.25) is 0 Å². The molecule has 25 heavy (non-hydrogen) atoms. The van der Waals surface area contributed by atoms with E-state index in [0.29, 0.717) is 12.8 Å². The second-order valence-corrected chi connectivity index (χ2v) is 8.72. The Labute approximate surface area is 165 Å². The molecule has 1 atom stereocenters. The molecule has 0 aromatic rings. The minimum atomic E-state index is -0.539. The largest absolute Gasteiger partial charge is 0.450 e. The third-order valence-corrected chi connectivity index (χ3v) is 3.43. The molecule has 0 aliphatic rings. The van der Waals surface area contributed by atoms with Gasteiger partial charge in [0, 0.05) is 24.2 Å². The maximum Gasteiger partial charge on any atom is 0.384 e. The highest BCUT2D eigenvalue weighted by Gasteiger charge is 2.15. The van der Waals surface area contributed by atoms with Crippen molar-refractivity contribution in [3.63, 3.8) is 0 Å². The third kappa shape index (κ3) is 16.0. The zero-order valence-electron chi connectivity index (χ0n) is 16.1. The number of carbonyl (C=O) groups excluding carboxylic acids is 2. The molecular formula is C20H29IO4. The quantitative estimate of drug-likeness (QED) is 0.202. The predicted octanol–water partition coefficient (Wildman–Crippen LogP) is 4.29. The first-order chi connectivity index (χ1) is 11.4. The molecule has 0 aromatic carbocycles. The van der Waals surface area contributed by atoms with Gasteiger partial charge in [0.2, 0.25) is 0 Å². The topological polar surface area (TPSA) is 52.6 Å². The van der Waals surface area contributed by atoms with E-state index in [1.165, 1.54) is 0 Å². The highest BCUT2D eigenvalue weighted by atomic mass is 127. The van der Waals surface area contributed by atoms with Crippen molar-refractivity contribution in [1.82, 2.24) is 0 Å². The molecule has 0 rings (SSSR count). The van der Waals surface area contributed by atoms with Gasteiger partial charge in [0.1, 0.15) is 11.2 Å². The van der Waals surface area contributed by atoms with Crippen molar-refractivity contribution in [3.05, 3.63) is 0 Å². The normalized spacial score (nSPS) is 12.1. The summed E-state index contributed by atoms with van der Waals surface area (Å²) in [6.07, 6.45) is 3.16. The van der Waals surface area contributed by atoms with Crippen molar-refractivity contribution in [2.45, 2.75) is 78.4 Å². The number of alkyl halides is 1. The molecule has 0 aliphatic heterocycles. The molecule has 0 aliphatic carbocycles. The molecule has 0 amide bonds. The van der Waals surface area contributed by atoms with Crippen molar-refractivity contribution in [3.8, 4) is 23.7 Å². The minimum absolute atomic E-state index is 0.0650. The SMILES string of the molecule is CC(C)(C)OC(=O)C#CCCC(C#CC(=O)OC(C)(C)C)CCCI. The van der Waals surface area contributed by atoms with Crippen LogP contribution in [-0.2, 0) is 19.1 Å². The molecule has 4 nitrogen and oxygen atoms in total. The van der Waals surface area contributed by atoms with Crippen LogP contribution in [0.3, 0.4) is 0 Å². The van der Waals surface area contributed by atoms with Gasteiger partial charge in [-0.15, -0.1) is 0 Å². The summed E-state index contributed by atoms with van der Waals surface area (Å²) in [5.74, 6) is 9.93. The zero-order chi connectivity index (χ0) is 19.5. The Balaban J connectivity index is 4.61. The lowest BCUT2D eigenvalue weighted by molar-refractivity contribution is -0.148. The van der Waals surface area contributed by atoms with Crippen LogP contribution in [0.25, 0.3) is 0 Å². The number of hydrogen-bond donors (Lipinski definition) is 0. The van der Waals surface area contributed by atoms with Crippen molar-refractivity contribution in [1.29, 1.82) is 0 Å². The number of carbonyl (C=O) groups is 2. The average Bonchev–Trinajstić information content (AvgIpc) is 2.41. The Hall–Kier alpha value is -1.21. The third-order valence-electron chi connectivity index (χ3n) is 2.67. The van der Waals surface area contributed by atoms with Gasteiger partial charge in [0.15, 0.2) is 0 Å². The highest BCUT2D eigenvalue weighted by Crippen LogP contribution is 2.14. The molecule has 0 saturated heterocycles. The van der Waals surface area contributed by atoms with E-state index in [-0.39, 0.29) is 5.92 Å². The van der Waals surface area contributed by atoms with E-state index >= 15 is 0 Å². The molecule has 0 spiro atoms. The van der Waals surface area contributed by atoms with Crippen LogP contribution in [0.1, 0.15) is 67.2 Å². The Morgan fingerprint density at radius 3 is 1.92 bits per heavy atom. The monoisotopic (exact) mass is 460 g/mol. The standard InChI is InChI=1S/C20H29IO4/c1-19(2,3)24-17(22)12-8-7-10-16(11-9-15-21)13-14-18(23)25-20(4,5)6/h16H,7,9-11,15H2,1-6H3. The molecule has 0 heterocycles. The van der Waals surface area contributed by atoms with E-state index in [4.69, 9.17) is 9.47 Å². The summed E-state index contributed by atoms with van der Waals surface area (Å²) in [7, 11) is 0. The van der Waals surface area contributed by atoms with Gasteiger partial charge in [-0.25, -0.2) is 9.59 Å². The summed E-state index contributed by atoms with van der Waals surface area (Å²) < 4.78 is 11.4. The molecular weight excluding hydrogens is 431 g/mol. The summed E-state index contributed by atoms with van der Waals surface area (Å²) in [5, 5.41) is 0. The van der Waals surface area contributed by atoms with Gasteiger partial charge in [0.25, 0.3) is 0 Å². The van der Waals surface area contributed by atoms with E-state index in [2.05, 4.69) is 46.3 Å². The summed E-state index contributed by atoms with van der Waals surface area (Å²) in [6.45, 7) is 10.8. The van der Waals surface area contributed by atoms with E-state index in [1.807, 2.05) is 20.8 Å². The van der Waals surface area contributed by atoms with Crippen LogP contribution in [0.2, 0.25) is 0 Å². The second-order valence-electron chi connectivity index (χ2n) is 7.64. The molecule has 0 fully saturated rings. The molecule has 0 radical (unpaired) electrons. The Bertz CT molecular complexity index is 559. The first kappa shape index (κ1) is 23.8. The number of rotatable bonds is 5. The van der Waals surface area contributed by atoms with Crippen LogP contribution in [0.4, 0.5) is 0 Å². The van der Waals surface area contributed by atoms with Crippen molar-refractivity contribution >= 4 is 34.5 Å². The van der Waals surface area contributed by atoms with Gasteiger partial charge >= 0.3 is 11.9 Å². The van der Waals surface area contributed by atoms with Crippen molar-refractivity contribution in [2.24, 2.45) is 5.92 Å². The number of halogens is 1. The van der Waals surface area contributed by atoms with Gasteiger partial charge in [-0.2, -0.15) is 0 Å². The second kappa shape index (κ2) is 11.4. The summed E-state index contributed by atoms with van der Waals surface area (Å²) in [6, 6.07) is 0. The summed E-state index contributed by atoms with van der Waals surface area (Å²) in [4.78, 5) is 23.2. The van der Waals surface area contributed by atoms with Crippen LogP contribution in [-0.4, -0.2) is 27.6 Å². The Kier molecular flexibility index (Phi) is 10.9. The fraction of sp³-hybridized carbons (Fsp3) is 0.700. The fourth-order valence-electron chi connectivity index (χ4n) is 1.76. The Morgan fingerprint density at radius 2 is 1.44 bits per heavy atom. The van der Waals surface area contributed by atoms with Crippen LogP contribution in [0.5, 0.6) is 0 Å². The zero-order valence-corrected chi connectivity index (χ0v) is 18.3. The van der Waals surface area contributed by atoms with Gasteiger partial charge in [-0.1, -0.05) is 34.4 Å². The smallest absolute Gasteiger partial charge is 0.384 e. The first-order valence-corrected chi connectivity index (χ1v) is 9.98. The van der Waals surface area contributed by atoms with Crippen LogP contribution in [0, 0.1) is 29.6 Å². The van der Waals surface area contributed by atoms with Gasteiger partial charge < -0.3 is 9.47 Å². The number of ether oxygens (including phenoxy) is 2. The lowest BCUT2D eigenvalue weighted by Gasteiger charge is -2.17. The van der Waals surface area contributed by atoms with Crippen LogP contribution < -0.4 is 0 Å². The van der Waals surface area contributed by atoms with E-state index in [1.54, 1.807) is 20.8 Å². The van der Waals surface area contributed by atoms with Crippen LogP contribution >= 0.6 is 22.6 Å². The highest BCUT2D eigenvalue weighted by molar-refractivity contribution is 14.1. The molecule has 1 unspecified atom stereocenters. The molecule has 0 saturated carbocycles. The molecule has 0 aromatic heterocycles. The summed E-state index contributed by atoms with van der Waals surface area (Å²) >= 11 is 2.32. The molecule has 140 valence electrons. The predicted molar refractivity (Wildman–Crippen MR) is 108 cm³/mol. The first-order valence-electron chi connectivity index (χ1n) is 8.45. The molecule has 5 heteroatoms. The van der Waals surface area contributed by atoms with Gasteiger partial charge in [-0.05, 0) is 65.2 Å². The van der Waals surface area contributed by atoms with E-state index < -0.39 is 23.1 Å². The van der Waals surface area contributed by atoms with E-state index in [9.17, 15) is 9.59 Å². The van der Waals surface area contributed by atoms with Gasteiger partial charge in [0.05, 0.1) is 0 Å². The molecule has 0 bridgehead atoms. The van der Waals surface area contributed by atoms with Crippen LogP contribution in [0.15, 0.2) is 0 Å². The van der Waals surface area contributed by atoms with Crippen molar-refractivity contribution < 1.29 is 19.1 Å². The summed E-state index contributed by atoms with van der Waals surface area (Å²) in [5.41, 5.74) is -1.07. The van der Waals surface area contributed by atoms with E-state index in [0.717, 1.165) is 17.3 Å². The average molecular weight is 460 g/mol.